The van der Waals surface area contributed by atoms with Crippen molar-refractivity contribution in [3.05, 3.63) is 0 Å². The first kappa shape index (κ1) is 15.3. The van der Waals surface area contributed by atoms with Crippen molar-refractivity contribution in [3.8, 4) is 0 Å². The number of rotatable bonds is 4. The maximum absolute atomic E-state index is 12.2. The van der Waals surface area contributed by atoms with Crippen LogP contribution in [0.15, 0.2) is 0 Å². The highest BCUT2D eigenvalue weighted by molar-refractivity contribution is 5.78. The second-order valence-corrected chi connectivity index (χ2v) is 6.79. The van der Waals surface area contributed by atoms with Crippen LogP contribution in [-0.4, -0.2) is 62.3 Å². The number of hydrogen-bond donors (Lipinski definition) is 2. The third kappa shape index (κ3) is 4.41. The first-order valence-electron chi connectivity index (χ1n) is 8.64. The fraction of sp³-hybridized carbons (Fsp3) is 0.938. The number of nitrogens with one attached hydrogen (secondary N) is 2. The standard InChI is InChI=1S/C16H29N3O2/c20-16(18-14-5-9-21-10-6-14)12-19-8-2-3-13(11-19)15-4-1-7-17-15/h13-15,17H,1-12H2,(H,18,20). The predicted molar refractivity (Wildman–Crippen MR) is 82.2 cm³/mol. The molecule has 0 bridgehead atoms. The lowest BCUT2D eigenvalue weighted by atomic mass is 9.90. The van der Waals surface area contributed by atoms with Crippen LogP contribution in [-0.2, 0) is 9.53 Å². The predicted octanol–water partition coefficient (Wildman–Crippen LogP) is 0.746. The van der Waals surface area contributed by atoms with Crippen molar-refractivity contribution in [2.24, 2.45) is 5.92 Å². The number of amides is 1. The normalized spacial score (nSPS) is 32.2. The molecule has 3 aliphatic rings. The van der Waals surface area contributed by atoms with Crippen LogP contribution in [0.25, 0.3) is 0 Å². The van der Waals surface area contributed by atoms with E-state index >= 15 is 0 Å². The molecule has 0 radical (unpaired) electrons. The Hall–Kier alpha value is -0.650. The van der Waals surface area contributed by atoms with Crippen LogP contribution in [0.3, 0.4) is 0 Å². The third-order valence-electron chi connectivity index (χ3n) is 5.16. The number of piperidine rings is 1. The molecule has 3 heterocycles. The molecule has 0 spiro atoms. The number of carbonyl (C=O) groups excluding carboxylic acids is 1. The summed E-state index contributed by atoms with van der Waals surface area (Å²) >= 11 is 0. The van der Waals surface area contributed by atoms with Gasteiger partial charge in [-0.3, -0.25) is 9.69 Å². The second-order valence-electron chi connectivity index (χ2n) is 6.79. The minimum atomic E-state index is 0.196. The number of carbonyl (C=O) groups is 1. The van der Waals surface area contributed by atoms with Crippen LogP contribution in [0.2, 0.25) is 0 Å². The molecular weight excluding hydrogens is 266 g/mol. The fourth-order valence-corrected chi connectivity index (χ4v) is 4.00. The van der Waals surface area contributed by atoms with E-state index in [4.69, 9.17) is 4.74 Å². The summed E-state index contributed by atoms with van der Waals surface area (Å²) in [6.07, 6.45) is 7.09. The highest BCUT2D eigenvalue weighted by atomic mass is 16.5. The lowest BCUT2D eigenvalue weighted by molar-refractivity contribution is -0.124. The second kappa shape index (κ2) is 7.56. The quantitative estimate of drug-likeness (QED) is 0.803. The van der Waals surface area contributed by atoms with Gasteiger partial charge >= 0.3 is 0 Å². The zero-order valence-electron chi connectivity index (χ0n) is 13.0. The van der Waals surface area contributed by atoms with Gasteiger partial charge in [-0.25, -0.2) is 0 Å². The van der Waals surface area contributed by atoms with Gasteiger partial charge in [-0.15, -0.1) is 0 Å². The Morgan fingerprint density at radius 2 is 2.05 bits per heavy atom. The fourth-order valence-electron chi connectivity index (χ4n) is 4.00. The zero-order valence-corrected chi connectivity index (χ0v) is 13.0. The van der Waals surface area contributed by atoms with Gasteiger partial charge in [0.1, 0.15) is 0 Å². The van der Waals surface area contributed by atoms with Crippen molar-refractivity contribution < 1.29 is 9.53 Å². The summed E-state index contributed by atoms with van der Waals surface area (Å²) < 4.78 is 5.33. The van der Waals surface area contributed by atoms with Crippen LogP contribution >= 0.6 is 0 Å². The van der Waals surface area contributed by atoms with Crippen molar-refractivity contribution in [2.45, 2.75) is 50.6 Å². The highest BCUT2D eigenvalue weighted by Gasteiger charge is 2.29. The molecule has 0 aromatic heterocycles. The third-order valence-corrected chi connectivity index (χ3v) is 5.16. The summed E-state index contributed by atoms with van der Waals surface area (Å²) in [6.45, 7) is 5.46. The van der Waals surface area contributed by atoms with E-state index in [0.717, 1.165) is 45.1 Å². The molecule has 5 heteroatoms. The lowest BCUT2D eigenvalue weighted by Gasteiger charge is -2.35. The van der Waals surface area contributed by atoms with Gasteiger partial charge in [-0.2, -0.15) is 0 Å². The summed E-state index contributed by atoms with van der Waals surface area (Å²) in [7, 11) is 0. The Morgan fingerprint density at radius 3 is 2.81 bits per heavy atom. The summed E-state index contributed by atoms with van der Waals surface area (Å²) in [4.78, 5) is 14.5. The molecule has 2 unspecified atom stereocenters. The van der Waals surface area contributed by atoms with Gasteiger partial charge < -0.3 is 15.4 Å². The molecule has 3 rings (SSSR count). The zero-order chi connectivity index (χ0) is 14.5. The molecule has 120 valence electrons. The van der Waals surface area contributed by atoms with Crippen LogP contribution in [0.4, 0.5) is 0 Å². The Balaban J connectivity index is 1.42. The monoisotopic (exact) mass is 295 g/mol. The Morgan fingerprint density at radius 1 is 1.19 bits per heavy atom. The Kier molecular flexibility index (Phi) is 5.49. The van der Waals surface area contributed by atoms with Gasteiger partial charge in [0.15, 0.2) is 0 Å². The average molecular weight is 295 g/mol. The molecule has 0 aromatic carbocycles. The van der Waals surface area contributed by atoms with Gasteiger partial charge in [-0.1, -0.05) is 0 Å². The molecule has 2 N–H and O–H groups in total. The molecular formula is C16H29N3O2. The van der Waals surface area contributed by atoms with Gasteiger partial charge in [0, 0.05) is 31.8 Å². The van der Waals surface area contributed by atoms with E-state index < -0.39 is 0 Å². The largest absolute Gasteiger partial charge is 0.381 e. The first-order chi connectivity index (χ1) is 10.3. The molecule has 3 fully saturated rings. The maximum atomic E-state index is 12.2. The van der Waals surface area contributed by atoms with Crippen molar-refractivity contribution in [1.29, 1.82) is 0 Å². The van der Waals surface area contributed by atoms with Crippen molar-refractivity contribution in [2.75, 3.05) is 39.4 Å². The maximum Gasteiger partial charge on any atom is 0.234 e. The SMILES string of the molecule is O=C(CN1CCCC(C2CCCN2)C1)NC1CCOCC1. The number of ether oxygens (including phenoxy) is 1. The van der Waals surface area contributed by atoms with E-state index in [1.165, 1.54) is 32.2 Å². The summed E-state index contributed by atoms with van der Waals surface area (Å²) in [5.41, 5.74) is 0. The molecule has 1 amide bonds. The smallest absolute Gasteiger partial charge is 0.234 e. The van der Waals surface area contributed by atoms with E-state index in [0.29, 0.717) is 18.6 Å². The Bertz CT molecular complexity index is 338. The topological polar surface area (TPSA) is 53.6 Å². The van der Waals surface area contributed by atoms with Crippen LogP contribution in [0, 0.1) is 5.92 Å². The molecule has 0 aliphatic carbocycles. The molecule has 2 atom stereocenters. The van der Waals surface area contributed by atoms with E-state index in [-0.39, 0.29) is 5.91 Å². The molecule has 3 aliphatic heterocycles. The summed E-state index contributed by atoms with van der Waals surface area (Å²) in [5, 5.41) is 6.80. The number of hydrogen-bond acceptors (Lipinski definition) is 4. The van der Waals surface area contributed by atoms with Crippen molar-refractivity contribution >= 4 is 5.91 Å². The van der Waals surface area contributed by atoms with Crippen molar-refractivity contribution in [1.82, 2.24) is 15.5 Å². The molecule has 3 saturated heterocycles. The van der Waals surface area contributed by atoms with E-state index in [2.05, 4.69) is 15.5 Å². The molecule has 0 saturated carbocycles. The van der Waals surface area contributed by atoms with Crippen LogP contribution < -0.4 is 10.6 Å². The minimum Gasteiger partial charge on any atom is -0.381 e. The highest BCUT2D eigenvalue weighted by Crippen LogP contribution is 2.24. The molecule has 21 heavy (non-hydrogen) atoms. The number of nitrogens with zero attached hydrogens (tertiary/aromatic N) is 1. The van der Waals surface area contributed by atoms with Gasteiger partial charge in [0.25, 0.3) is 0 Å². The minimum absolute atomic E-state index is 0.196. The van der Waals surface area contributed by atoms with E-state index in [1.807, 2.05) is 0 Å². The van der Waals surface area contributed by atoms with Gasteiger partial charge in [0.2, 0.25) is 5.91 Å². The molecule has 0 aromatic rings. The number of likely N-dealkylation sites (tertiary alicyclic amines) is 1. The average Bonchev–Trinajstić information content (AvgIpc) is 3.02. The molecule has 5 nitrogen and oxygen atoms in total. The Labute approximate surface area is 127 Å². The van der Waals surface area contributed by atoms with Crippen LogP contribution in [0.1, 0.15) is 38.5 Å². The van der Waals surface area contributed by atoms with Crippen LogP contribution in [0.5, 0.6) is 0 Å². The first-order valence-corrected chi connectivity index (χ1v) is 8.64. The van der Waals surface area contributed by atoms with Crippen molar-refractivity contribution in [3.63, 3.8) is 0 Å². The van der Waals surface area contributed by atoms with E-state index in [1.54, 1.807) is 0 Å². The van der Waals surface area contributed by atoms with Gasteiger partial charge in [0.05, 0.1) is 6.54 Å². The lowest BCUT2D eigenvalue weighted by Crippen LogP contribution is -2.49. The summed E-state index contributed by atoms with van der Waals surface area (Å²) in [5.74, 6) is 0.930. The van der Waals surface area contributed by atoms with Gasteiger partial charge in [-0.05, 0) is 57.5 Å². The summed E-state index contributed by atoms with van der Waals surface area (Å²) in [6, 6.07) is 1.01. The van der Waals surface area contributed by atoms with E-state index in [9.17, 15) is 4.79 Å².